The van der Waals surface area contributed by atoms with E-state index in [9.17, 15) is 9.59 Å². The molecule has 0 saturated carbocycles. The molecule has 7 heteroatoms. The number of rotatable bonds is 6. The minimum Gasteiger partial charge on any atom is -0.480 e. The van der Waals surface area contributed by atoms with Crippen LogP contribution in [0.25, 0.3) is 0 Å². The summed E-state index contributed by atoms with van der Waals surface area (Å²) in [5.41, 5.74) is 0. The highest BCUT2D eigenvalue weighted by Gasteiger charge is 2.23. The molecular weight excluding hydrogens is 250 g/mol. The molecular formula is C12H23N3O4. The number of β-amino-alcohol motifs (C(OH)–C–C–N with tert-alkyl or cyclic N) is 1. The number of carbonyl (C=O) groups excluding carboxylic acids is 1. The van der Waals surface area contributed by atoms with Gasteiger partial charge in [-0.3, -0.25) is 14.6 Å². The fraction of sp³-hybridized carbons (Fsp3) is 0.833. The zero-order chi connectivity index (χ0) is 14.3. The number of nitrogens with one attached hydrogen (secondary N) is 1. The van der Waals surface area contributed by atoms with E-state index in [2.05, 4.69) is 10.2 Å². The first-order valence-corrected chi connectivity index (χ1v) is 6.58. The molecule has 1 atom stereocenters. The van der Waals surface area contributed by atoms with E-state index < -0.39 is 12.0 Å². The van der Waals surface area contributed by atoms with E-state index in [0.29, 0.717) is 13.1 Å². The van der Waals surface area contributed by atoms with Crippen LogP contribution in [-0.4, -0.2) is 83.8 Å². The van der Waals surface area contributed by atoms with Crippen molar-refractivity contribution in [3.8, 4) is 0 Å². The van der Waals surface area contributed by atoms with E-state index in [1.165, 1.54) is 6.92 Å². The lowest BCUT2D eigenvalue weighted by Gasteiger charge is -2.24. The molecule has 1 saturated heterocycles. The second-order valence-corrected chi connectivity index (χ2v) is 4.81. The Balaban J connectivity index is 2.46. The van der Waals surface area contributed by atoms with Gasteiger partial charge in [-0.1, -0.05) is 0 Å². The average Bonchev–Trinajstić information content (AvgIpc) is 2.54. The van der Waals surface area contributed by atoms with Gasteiger partial charge in [0.25, 0.3) is 0 Å². The summed E-state index contributed by atoms with van der Waals surface area (Å²) in [6.45, 7) is 5.73. The standard InChI is InChI=1S/C12H23N3O4/c1-10(17)13-11(12(18)19)9-15-4-2-3-14(5-6-15)7-8-16/h11,16H,2-9H2,1H3,(H,13,17)(H,18,19). The van der Waals surface area contributed by atoms with E-state index in [1.54, 1.807) is 0 Å². The smallest absolute Gasteiger partial charge is 0.327 e. The minimum atomic E-state index is -1.01. The SMILES string of the molecule is CC(=O)NC(CN1CCCN(CCO)CC1)C(=O)O. The summed E-state index contributed by atoms with van der Waals surface area (Å²) >= 11 is 0. The molecule has 1 rings (SSSR count). The highest BCUT2D eigenvalue weighted by Crippen LogP contribution is 2.04. The van der Waals surface area contributed by atoms with Gasteiger partial charge in [0, 0.05) is 33.1 Å². The second-order valence-electron chi connectivity index (χ2n) is 4.81. The Kier molecular flexibility index (Phi) is 6.75. The largest absolute Gasteiger partial charge is 0.480 e. The van der Waals surface area contributed by atoms with Crippen molar-refractivity contribution in [2.75, 3.05) is 45.9 Å². The molecule has 0 aliphatic carbocycles. The molecule has 1 fully saturated rings. The number of carbonyl (C=O) groups is 2. The van der Waals surface area contributed by atoms with Gasteiger partial charge in [0.15, 0.2) is 0 Å². The fourth-order valence-corrected chi connectivity index (χ4v) is 2.26. The summed E-state index contributed by atoms with van der Waals surface area (Å²) in [6.07, 6.45) is 0.937. The molecule has 0 radical (unpaired) electrons. The highest BCUT2D eigenvalue weighted by atomic mass is 16.4. The van der Waals surface area contributed by atoms with E-state index >= 15 is 0 Å². The van der Waals surface area contributed by atoms with Crippen LogP contribution in [-0.2, 0) is 9.59 Å². The Morgan fingerprint density at radius 2 is 1.84 bits per heavy atom. The quantitative estimate of drug-likeness (QED) is 0.550. The van der Waals surface area contributed by atoms with E-state index in [-0.39, 0.29) is 12.5 Å². The number of aliphatic hydroxyl groups excluding tert-OH is 1. The number of hydrogen-bond acceptors (Lipinski definition) is 5. The fourth-order valence-electron chi connectivity index (χ4n) is 2.26. The monoisotopic (exact) mass is 273 g/mol. The van der Waals surface area contributed by atoms with E-state index in [4.69, 9.17) is 10.2 Å². The van der Waals surface area contributed by atoms with Crippen LogP contribution in [0.4, 0.5) is 0 Å². The van der Waals surface area contributed by atoms with Crippen LogP contribution in [0.15, 0.2) is 0 Å². The summed E-state index contributed by atoms with van der Waals surface area (Å²) in [5.74, 6) is -1.34. The molecule has 7 nitrogen and oxygen atoms in total. The van der Waals surface area contributed by atoms with Gasteiger partial charge >= 0.3 is 5.97 Å². The number of carboxylic acid groups (broad SMARTS) is 1. The molecule has 0 aromatic rings. The molecule has 1 heterocycles. The molecule has 0 bridgehead atoms. The Morgan fingerprint density at radius 3 is 2.42 bits per heavy atom. The van der Waals surface area contributed by atoms with Crippen LogP contribution < -0.4 is 5.32 Å². The van der Waals surface area contributed by atoms with Crippen molar-refractivity contribution in [1.29, 1.82) is 0 Å². The lowest BCUT2D eigenvalue weighted by molar-refractivity contribution is -0.142. The summed E-state index contributed by atoms with van der Waals surface area (Å²) in [4.78, 5) is 26.3. The molecule has 0 aromatic heterocycles. The first-order valence-electron chi connectivity index (χ1n) is 6.58. The van der Waals surface area contributed by atoms with Gasteiger partial charge in [-0.05, 0) is 19.5 Å². The van der Waals surface area contributed by atoms with E-state index in [0.717, 1.165) is 32.6 Å². The highest BCUT2D eigenvalue weighted by molar-refractivity contribution is 5.82. The number of hydrogen-bond donors (Lipinski definition) is 3. The Morgan fingerprint density at radius 1 is 1.21 bits per heavy atom. The number of aliphatic carboxylic acids is 1. The van der Waals surface area contributed by atoms with Crippen molar-refractivity contribution < 1.29 is 19.8 Å². The summed E-state index contributed by atoms with van der Waals surface area (Å²) in [6, 6.07) is -0.859. The molecule has 110 valence electrons. The van der Waals surface area contributed by atoms with Crippen molar-refractivity contribution in [3.05, 3.63) is 0 Å². The summed E-state index contributed by atoms with van der Waals surface area (Å²) < 4.78 is 0. The maximum atomic E-state index is 11.1. The van der Waals surface area contributed by atoms with Crippen LogP contribution in [0.1, 0.15) is 13.3 Å². The molecule has 19 heavy (non-hydrogen) atoms. The minimum absolute atomic E-state index is 0.143. The Hall–Kier alpha value is -1.18. The molecule has 1 aliphatic rings. The summed E-state index contributed by atoms with van der Waals surface area (Å²) in [7, 11) is 0. The Bertz CT molecular complexity index is 311. The van der Waals surface area contributed by atoms with Gasteiger partial charge in [-0.15, -0.1) is 0 Å². The molecule has 1 aliphatic heterocycles. The van der Waals surface area contributed by atoms with E-state index in [1.807, 2.05) is 4.90 Å². The van der Waals surface area contributed by atoms with Crippen LogP contribution >= 0.6 is 0 Å². The number of carboxylic acids is 1. The topological polar surface area (TPSA) is 93.1 Å². The number of nitrogens with zero attached hydrogens (tertiary/aromatic N) is 2. The van der Waals surface area contributed by atoms with Crippen LogP contribution in [0, 0.1) is 0 Å². The van der Waals surface area contributed by atoms with Crippen LogP contribution in [0.3, 0.4) is 0 Å². The van der Waals surface area contributed by atoms with Crippen molar-refractivity contribution >= 4 is 11.9 Å². The zero-order valence-electron chi connectivity index (χ0n) is 11.3. The van der Waals surface area contributed by atoms with Crippen LogP contribution in [0.2, 0.25) is 0 Å². The Labute approximate surface area is 113 Å². The zero-order valence-corrected chi connectivity index (χ0v) is 11.3. The second kappa shape index (κ2) is 8.08. The van der Waals surface area contributed by atoms with Crippen molar-refractivity contribution in [3.63, 3.8) is 0 Å². The average molecular weight is 273 g/mol. The van der Waals surface area contributed by atoms with Gasteiger partial charge in [-0.2, -0.15) is 0 Å². The number of amides is 1. The maximum Gasteiger partial charge on any atom is 0.327 e. The molecule has 0 spiro atoms. The third-order valence-corrected chi connectivity index (χ3v) is 3.21. The predicted octanol–water partition coefficient (Wildman–Crippen LogP) is -1.42. The van der Waals surface area contributed by atoms with Gasteiger partial charge in [0.2, 0.25) is 5.91 Å². The first kappa shape index (κ1) is 15.9. The third kappa shape index (κ3) is 6.00. The summed E-state index contributed by atoms with van der Waals surface area (Å²) in [5, 5.41) is 20.4. The van der Waals surface area contributed by atoms with Crippen molar-refractivity contribution in [1.82, 2.24) is 15.1 Å². The lowest BCUT2D eigenvalue weighted by Crippen LogP contribution is -2.48. The first-order chi connectivity index (χ1) is 9.02. The molecule has 1 amide bonds. The number of aliphatic hydroxyl groups is 1. The lowest BCUT2D eigenvalue weighted by atomic mass is 10.2. The van der Waals surface area contributed by atoms with Gasteiger partial charge in [0.05, 0.1) is 6.61 Å². The third-order valence-electron chi connectivity index (χ3n) is 3.21. The molecule has 3 N–H and O–H groups in total. The molecule has 1 unspecified atom stereocenters. The van der Waals surface area contributed by atoms with Gasteiger partial charge in [-0.25, -0.2) is 4.79 Å². The van der Waals surface area contributed by atoms with Crippen LogP contribution in [0.5, 0.6) is 0 Å². The molecule has 0 aromatic carbocycles. The van der Waals surface area contributed by atoms with Crippen molar-refractivity contribution in [2.24, 2.45) is 0 Å². The predicted molar refractivity (Wildman–Crippen MR) is 69.8 cm³/mol. The normalized spacial score (nSPS) is 19.7. The van der Waals surface area contributed by atoms with Gasteiger partial charge < -0.3 is 15.5 Å². The van der Waals surface area contributed by atoms with Gasteiger partial charge in [0.1, 0.15) is 6.04 Å². The maximum absolute atomic E-state index is 11.1. The van der Waals surface area contributed by atoms with Crippen molar-refractivity contribution in [2.45, 2.75) is 19.4 Å².